The monoisotopic (exact) mass is 262 g/mol. The third-order valence-corrected chi connectivity index (χ3v) is 2.37. The maximum atomic E-state index is 5.38. The summed E-state index contributed by atoms with van der Waals surface area (Å²) in [6.07, 6.45) is 2.06. The van der Waals surface area contributed by atoms with Crippen LogP contribution in [0.5, 0.6) is 0 Å². The molecule has 3 heteroatoms. The molecule has 0 saturated carbocycles. The van der Waals surface area contributed by atoms with E-state index in [0.29, 0.717) is 6.07 Å². The van der Waals surface area contributed by atoms with Crippen molar-refractivity contribution in [3.05, 3.63) is 34.3 Å². The van der Waals surface area contributed by atoms with E-state index in [0.717, 1.165) is 23.9 Å². The van der Waals surface area contributed by atoms with Crippen LogP contribution in [-0.4, -0.2) is 12.7 Å². The van der Waals surface area contributed by atoms with Crippen LogP contribution in [0.3, 0.4) is 0 Å². The molecule has 0 aliphatic heterocycles. The Morgan fingerprint density at radius 3 is 2.92 bits per heavy atom. The number of alkyl halides is 1. The van der Waals surface area contributed by atoms with Crippen LogP contribution in [0.15, 0.2) is 28.7 Å². The number of rotatable bonds is 5. The summed E-state index contributed by atoms with van der Waals surface area (Å²) in [4.78, 5) is 0. The molecule has 1 rings (SSSR count). The van der Waals surface area contributed by atoms with Gasteiger partial charge in [-0.1, -0.05) is 39.7 Å². The second kappa shape index (κ2) is 6.41. The van der Waals surface area contributed by atoms with Gasteiger partial charge in [-0.15, -0.1) is 0 Å². The Kier molecular flexibility index (Phi) is 5.44. The van der Waals surface area contributed by atoms with Crippen molar-refractivity contribution in [3.63, 3.8) is 0 Å². The quantitative estimate of drug-likeness (QED) is 0.583. The van der Waals surface area contributed by atoms with Crippen LogP contribution < -0.4 is 0 Å². The molecule has 0 spiro atoms. The molecule has 0 aliphatic carbocycles. The van der Waals surface area contributed by atoms with E-state index in [1.807, 2.05) is 12.1 Å². The molecular formula is C10H12BrClO. The van der Waals surface area contributed by atoms with Gasteiger partial charge in [0.05, 0.1) is 0 Å². The molecule has 0 bridgehead atoms. The summed E-state index contributed by atoms with van der Waals surface area (Å²) < 4.78 is 6.17. The fourth-order valence-corrected chi connectivity index (χ4v) is 1.68. The largest absolute Gasteiger partial charge is 0.366 e. The molecule has 0 fully saturated rings. The van der Waals surface area contributed by atoms with E-state index in [1.54, 1.807) is 0 Å². The summed E-state index contributed by atoms with van der Waals surface area (Å²) in [6.45, 7) is 0.732. The summed E-state index contributed by atoms with van der Waals surface area (Å²) in [7, 11) is 0. The van der Waals surface area contributed by atoms with Crippen molar-refractivity contribution in [2.45, 2.75) is 12.8 Å². The van der Waals surface area contributed by atoms with Gasteiger partial charge in [0.25, 0.3) is 0 Å². The van der Waals surface area contributed by atoms with E-state index in [4.69, 9.17) is 16.3 Å². The number of aryl methyl sites for hydroxylation is 1. The number of hydrogen-bond acceptors (Lipinski definition) is 1. The van der Waals surface area contributed by atoms with Crippen LogP contribution in [0.4, 0.5) is 0 Å². The van der Waals surface area contributed by atoms with Crippen molar-refractivity contribution in [3.8, 4) is 0 Å². The van der Waals surface area contributed by atoms with Gasteiger partial charge in [-0.3, -0.25) is 0 Å². The maximum absolute atomic E-state index is 5.38. The summed E-state index contributed by atoms with van der Waals surface area (Å²) in [6, 6.07) is 8.60. The Morgan fingerprint density at radius 2 is 2.23 bits per heavy atom. The van der Waals surface area contributed by atoms with Crippen molar-refractivity contribution in [1.82, 2.24) is 0 Å². The third kappa shape index (κ3) is 4.65. The summed E-state index contributed by atoms with van der Waals surface area (Å²) in [5, 5.41) is 0. The first-order valence-corrected chi connectivity index (χ1v) is 5.54. The highest BCUT2D eigenvalue weighted by Crippen LogP contribution is 2.12. The van der Waals surface area contributed by atoms with Crippen molar-refractivity contribution in [2.75, 3.05) is 12.7 Å². The highest BCUT2D eigenvalue weighted by Gasteiger charge is 1.93. The fourth-order valence-electron chi connectivity index (χ4n) is 1.13. The Hall–Kier alpha value is -0.0500. The average molecular weight is 264 g/mol. The average Bonchev–Trinajstić information content (AvgIpc) is 2.13. The first-order valence-electron chi connectivity index (χ1n) is 4.21. The highest BCUT2D eigenvalue weighted by molar-refractivity contribution is 9.10. The predicted octanol–water partition coefficient (Wildman–Crippen LogP) is 3.59. The molecular weight excluding hydrogens is 251 g/mol. The third-order valence-electron chi connectivity index (χ3n) is 1.72. The van der Waals surface area contributed by atoms with E-state index in [-0.39, 0.29) is 0 Å². The molecule has 1 nitrogen and oxygen atoms in total. The molecule has 0 radical (unpaired) electrons. The number of ether oxygens (including phenoxy) is 1. The lowest BCUT2D eigenvalue weighted by Gasteiger charge is -2.01. The van der Waals surface area contributed by atoms with Crippen molar-refractivity contribution >= 4 is 27.5 Å². The number of hydrogen-bond donors (Lipinski definition) is 0. The van der Waals surface area contributed by atoms with Crippen LogP contribution >= 0.6 is 27.5 Å². The minimum Gasteiger partial charge on any atom is -0.366 e. The lowest BCUT2D eigenvalue weighted by atomic mass is 10.1. The molecule has 1 aromatic carbocycles. The van der Waals surface area contributed by atoms with E-state index < -0.39 is 0 Å². The molecule has 0 saturated heterocycles. The molecule has 0 aliphatic rings. The molecule has 0 amide bonds. The first kappa shape index (κ1) is 11.0. The Labute approximate surface area is 92.2 Å². The normalized spacial score (nSPS) is 10.3. The Balaban J connectivity index is 2.28. The molecule has 0 atom stereocenters. The van der Waals surface area contributed by atoms with Crippen LogP contribution in [-0.2, 0) is 11.2 Å². The van der Waals surface area contributed by atoms with Gasteiger partial charge in [0.2, 0.25) is 0 Å². The van der Waals surface area contributed by atoms with E-state index in [2.05, 4.69) is 28.1 Å². The fraction of sp³-hybridized carbons (Fsp3) is 0.400. The lowest BCUT2D eigenvalue weighted by molar-refractivity contribution is 0.176. The second-order valence-electron chi connectivity index (χ2n) is 2.75. The van der Waals surface area contributed by atoms with Gasteiger partial charge in [0.1, 0.15) is 6.07 Å². The van der Waals surface area contributed by atoms with Gasteiger partial charge in [-0.25, -0.2) is 0 Å². The SMILES string of the molecule is ClCOCCCc1cccc(Br)c1. The van der Waals surface area contributed by atoms with Gasteiger partial charge in [0.15, 0.2) is 0 Å². The van der Waals surface area contributed by atoms with Crippen LogP contribution in [0.1, 0.15) is 12.0 Å². The minimum absolute atomic E-state index is 0.290. The van der Waals surface area contributed by atoms with Gasteiger partial charge >= 0.3 is 0 Å². The smallest absolute Gasteiger partial charge is 0.120 e. The highest BCUT2D eigenvalue weighted by atomic mass is 79.9. The number of benzene rings is 1. The van der Waals surface area contributed by atoms with Crippen molar-refractivity contribution in [2.24, 2.45) is 0 Å². The predicted molar refractivity (Wildman–Crippen MR) is 59.1 cm³/mol. The standard InChI is InChI=1S/C10H12BrClO/c11-10-5-1-3-9(7-10)4-2-6-13-8-12/h1,3,5,7H,2,4,6,8H2. The van der Waals surface area contributed by atoms with Crippen LogP contribution in [0.2, 0.25) is 0 Å². The van der Waals surface area contributed by atoms with Crippen LogP contribution in [0.25, 0.3) is 0 Å². The van der Waals surface area contributed by atoms with Gasteiger partial charge in [-0.2, -0.15) is 0 Å². The summed E-state index contributed by atoms with van der Waals surface area (Å²) >= 11 is 8.81. The Morgan fingerprint density at radius 1 is 1.38 bits per heavy atom. The van der Waals surface area contributed by atoms with Crippen molar-refractivity contribution in [1.29, 1.82) is 0 Å². The van der Waals surface area contributed by atoms with Crippen molar-refractivity contribution < 1.29 is 4.74 Å². The molecule has 0 aromatic heterocycles. The summed E-state index contributed by atoms with van der Waals surface area (Å²) in [5.41, 5.74) is 1.33. The van der Waals surface area contributed by atoms with E-state index >= 15 is 0 Å². The molecule has 13 heavy (non-hydrogen) atoms. The second-order valence-corrected chi connectivity index (χ2v) is 3.88. The zero-order chi connectivity index (χ0) is 9.52. The van der Waals surface area contributed by atoms with E-state index in [9.17, 15) is 0 Å². The topological polar surface area (TPSA) is 9.23 Å². The molecule has 1 aromatic rings. The number of halogens is 2. The first-order chi connectivity index (χ1) is 6.33. The van der Waals surface area contributed by atoms with Gasteiger partial charge < -0.3 is 4.74 Å². The van der Waals surface area contributed by atoms with E-state index in [1.165, 1.54) is 5.56 Å². The Bertz CT molecular complexity index is 252. The zero-order valence-electron chi connectivity index (χ0n) is 7.30. The maximum Gasteiger partial charge on any atom is 0.120 e. The summed E-state index contributed by atoms with van der Waals surface area (Å²) in [5.74, 6) is 0. The van der Waals surface area contributed by atoms with Crippen LogP contribution in [0, 0.1) is 0 Å². The molecule has 0 unspecified atom stereocenters. The molecule has 72 valence electrons. The minimum atomic E-state index is 0.290. The molecule has 0 heterocycles. The van der Waals surface area contributed by atoms with Gasteiger partial charge in [-0.05, 0) is 30.5 Å². The van der Waals surface area contributed by atoms with Gasteiger partial charge in [0, 0.05) is 11.1 Å². The lowest BCUT2D eigenvalue weighted by Crippen LogP contribution is -1.94. The molecule has 0 N–H and O–H groups in total. The zero-order valence-corrected chi connectivity index (χ0v) is 9.64.